The fraction of sp³-hybridized carbons (Fsp3) is 0.485. The van der Waals surface area contributed by atoms with Crippen LogP contribution >= 0.6 is 0 Å². The van der Waals surface area contributed by atoms with Gasteiger partial charge in [-0.3, -0.25) is 0 Å². The van der Waals surface area contributed by atoms with Gasteiger partial charge in [-0.1, -0.05) is 37.5 Å². The second-order valence-corrected chi connectivity index (χ2v) is 11.9. The first-order valence-electron chi connectivity index (χ1n) is 15.6. The Morgan fingerprint density at radius 1 is 0.881 bits per heavy atom. The Morgan fingerprint density at radius 2 is 1.62 bits per heavy atom. The molecule has 1 unspecified atom stereocenters. The maximum atomic E-state index is 6.24. The number of piperazine rings is 1. The van der Waals surface area contributed by atoms with Crippen LogP contribution in [0.3, 0.4) is 0 Å². The molecule has 2 aliphatic heterocycles. The summed E-state index contributed by atoms with van der Waals surface area (Å²) in [5.74, 6) is 2.98. The molecule has 3 fully saturated rings. The number of aromatic nitrogens is 4. The van der Waals surface area contributed by atoms with Crippen molar-refractivity contribution in [1.82, 2.24) is 34.9 Å². The zero-order chi connectivity index (χ0) is 28.7. The number of nitrogens with one attached hydrogen (secondary N) is 1. The van der Waals surface area contributed by atoms with E-state index in [0.717, 1.165) is 52.5 Å². The maximum absolute atomic E-state index is 6.24. The first kappa shape index (κ1) is 28.6. The number of rotatable bonds is 6. The molecular formula is C33H44N8O. The molecule has 2 aromatic heterocycles. The lowest BCUT2D eigenvalue weighted by Crippen LogP contribution is -2.46. The topological polar surface area (TPSA) is 97.4 Å². The van der Waals surface area contributed by atoms with Crippen LogP contribution in [0.25, 0.3) is 22.3 Å². The summed E-state index contributed by atoms with van der Waals surface area (Å²) in [7, 11) is 2.22. The van der Waals surface area contributed by atoms with Crippen LogP contribution in [0.5, 0.6) is 11.5 Å². The first-order chi connectivity index (χ1) is 20.6. The van der Waals surface area contributed by atoms with E-state index in [4.69, 9.17) is 15.6 Å². The van der Waals surface area contributed by atoms with Gasteiger partial charge >= 0.3 is 0 Å². The molecule has 0 spiro atoms. The summed E-state index contributed by atoms with van der Waals surface area (Å²) < 4.78 is 7.97. The minimum Gasteiger partial charge on any atom is -0.457 e. The second kappa shape index (κ2) is 13.6. The maximum Gasteiger partial charge on any atom is 0.164 e. The summed E-state index contributed by atoms with van der Waals surface area (Å²) in [6.07, 6.45) is 8.92. The third kappa shape index (κ3) is 6.91. The summed E-state index contributed by atoms with van der Waals surface area (Å²) >= 11 is 0. The Labute approximate surface area is 249 Å². The molecule has 42 heavy (non-hydrogen) atoms. The Kier molecular flexibility index (Phi) is 9.28. The van der Waals surface area contributed by atoms with Gasteiger partial charge in [0.15, 0.2) is 5.65 Å². The summed E-state index contributed by atoms with van der Waals surface area (Å²) in [5.41, 5.74) is 8.87. The van der Waals surface area contributed by atoms with E-state index in [-0.39, 0.29) is 0 Å². The second-order valence-electron chi connectivity index (χ2n) is 11.9. The van der Waals surface area contributed by atoms with E-state index in [1.165, 1.54) is 77.8 Å². The van der Waals surface area contributed by atoms with Crippen molar-refractivity contribution in [3.8, 4) is 22.8 Å². The summed E-state index contributed by atoms with van der Waals surface area (Å²) in [4.78, 5) is 13.8. The quantitative estimate of drug-likeness (QED) is 0.327. The van der Waals surface area contributed by atoms with E-state index >= 15 is 0 Å². The monoisotopic (exact) mass is 568 g/mol. The molecule has 4 aromatic rings. The van der Waals surface area contributed by atoms with Crippen LogP contribution in [0.2, 0.25) is 0 Å². The molecule has 9 heteroatoms. The number of likely N-dealkylation sites (N-methyl/N-ethyl adjacent to an activating group) is 1. The number of nitrogens with two attached hydrogens (primary N) is 1. The van der Waals surface area contributed by atoms with E-state index in [1.54, 1.807) is 0 Å². The summed E-state index contributed by atoms with van der Waals surface area (Å²) in [6.45, 7) is 8.84. The number of para-hydroxylation sites is 1. The van der Waals surface area contributed by atoms with Crippen molar-refractivity contribution >= 4 is 16.9 Å². The fourth-order valence-corrected chi connectivity index (χ4v) is 6.35. The normalized spacial score (nSPS) is 20.4. The highest BCUT2D eigenvalue weighted by molar-refractivity contribution is 5.98. The van der Waals surface area contributed by atoms with Gasteiger partial charge in [-0.15, -0.1) is 0 Å². The van der Waals surface area contributed by atoms with Crippen LogP contribution in [-0.2, 0) is 0 Å². The smallest absolute Gasteiger partial charge is 0.164 e. The predicted octanol–water partition coefficient (Wildman–Crippen LogP) is 5.22. The summed E-state index contributed by atoms with van der Waals surface area (Å²) in [6, 6.07) is 18.0. The SMILES string of the molecule is CN1CCN(CC2CCNC2)CC1.Nc1ncnc2c1c(-c1ccc(Oc3ccccc3)cc1)nn2C1CCCCC1. The molecule has 2 aromatic carbocycles. The molecule has 1 saturated carbocycles. The highest BCUT2D eigenvalue weighted by Gasteiger charge is 2.24. The van der Waals surface area contributed by atoms with Crippen LogP contribution in [0.1, 0.15) is 44.6 Å². The average molecular weight is 569 g/mol. The zero-order valence-electron chi connectivity index (χ0n) is 24.8. The van der Waals surface area contributed by atoms with Crippen molar-refractivity contribution in [2.24, 2.45) is 5.92 Å². The third-order valence-electron chi connectivity index (χ3n) is 8.82. The van der Waals surface area contributed by atoms with Gasteiger partial charge in [0.25, 0.3) is 0 Å². The average Bonchev–Trinajstić information content (AvgIpc) is 3.69. The Bertz CT molecular complexity index is 1400. The van der Waals surface area contributed by atoms with Crippen LogP contribution < -0.4 is 15.8 Å². The van der Waals surface area contributed by atoms with Gasteiger partial charge < -0.3 is 25.6 Å². The van der Waals surface area contributed by atoms with Crippen molar-refractivity contribution in [3.05, 3.63) is 60.9 Å². The van der Waals surface area contributed by atoms with Crippen LogP contribution in [0.4, 0.5) is 5.82 Å². The zero-order valence-corrected chi connectivity index (χ0v) is 24.8. The number of nitrogen functional groups attached to an aromatic ring is 1. The highest BCUT2D eigenvalue weighted by Crippen LogP contribution is 2.36. The van der Waals surface area contributed by atoms with Gasteiger partial charge in [0.1, 0.15) is 29.3 Å². The van der Waals surface area contributed by atoms with E-state index in [0.29, 0.717) is 11.9 Å². The molecular weight excluding hydrogens is 524 g/mol. The predicted molar refractivity (Wildman–Crippen MR) is 169 cm³/mol. The lowest BCUT2D eigenvalue weighted by molar-refractivity contribution is 0.139. The lowest BCUT2D eigenvalue weighted by atomic mass is 9.96. The Balaban J connectivity index is 0.000000203. The van der Waals surface area contributed by atoms with Crippen LogP contribution in [-0.4, -0.2) is 82.4 Å². The van der Waals surface area contributed by atoms with Gasteiger partial charge in [-0.25, -0.2) is 14.6 Å². The minimum absolute atomic E-state index is 0.370. The Morgan fingerprint density at radius 3 is 2.33 bits per heavy atom. The largest absolute Gasteiger partial charge is 0.457 e. The van der Waals surface area contributed by atoms with E-state index < -0.39 is 0 Å². The van der Waals surface area contributed by atoms with Crippen molar-refractivity contribution < 1.29 is 4.74 Å². The standard InChI is InChI=1S/C23H23N5O.C10H21N3/c24-22-20-21(16-11-13-19(14-12-16)29-18-9-5-2-6-10-18)27-28(23(20)26-15-25-22)17-7-3-1-4-8-17;1-12-4-6-13(7-5-12)9-10-2-3-11-8-10/h2,5-6,9-15,17H,1,3-4,7-8H2,(H2,24,25,26);10-11H,2-9H2,1H3. The van der Waals surface area contributed by atoms with Gasteiger partial charge in [-0.05, 0) is 81.7 Å². The molecule has 0 amide bonds. The van der Waals surface area contributed by atoms with E-state index in [1.807, 2.05) is 54.6 Å². The number of hydrogen-bond acceptors (Lipinski definition) is 8. The molecule has 1 atom stereocenters. The highest BCUT2D eigenvalue weighted by atomic mass is 16.5. The van der Waals surface area contributed by atoms with Gasteiger partial charge in [0, 0.05) is 38.3 Å². The molecule has 9 nitrogen and oxygen atoms in total. The molecule has 1 aliphatic carbocycles. The number of ether oxygens (including phenoxy) is 1. The number of nitrogens with zero attached hydrogens (tertiary/aromatic N) is 6. The molecule has 4 heterocycles. The molecule has 0 bridgehead atoms. The number of anilines is 1. The molecule has 3 aliphatic rings. The molecule has 3 N–H and O–H groups in total. The fourth-order valence-electron chi connectivity index (χ4n) is 6.35. The first-order valence-corrected chi connectivity index (χ1v) is 15.6. The molecule has 7 rings (SSSR count). The van der Waals surface area contributed by atoms with Crippen LogP contribution in [0, 0.1) is 5.92 Å². The minimum atomic E-state index is 0.370. The molecule has 222 valence electrons. The molecule has 0 radical (unpaired) electrons. The Hall–Kier alpha value is -3.53. The third-order valence-corrected chi connectivity index (χ3v) is 8.82. The van der Waals surface area contributed by atoms with E-state index in [9.17, 15) is 0 Å². The van der Waals surface area contributed by atoms with Gasteiger partial charge in [0.2, 0.25) is 0 Å². The van der Waals surface area contributed by atoms with Crippen molar-refractivity contribution in [2.75, 3.05) is 58.6 Å². The number of hydrogen-bond donors (Lipinski definition) is 2. The van der Waals surface area contributed by atoms with Crippen molar-refractivity contribution in [3.63, 3.8) is 0 Å². The number of benzene rings is 2. The summed E-state index contributed by atoms with van der Waals surface area (Å²) in [5, 5.41) is 9.21. The van der Waals surface area contributed by atoms with Crippen molar-refractivity contribution in [2.45, 2.75) is 44.6 Å². The van der Waals surface area contributed by atoms with Gasteiger partial charge in [0.05, 0.1) is 11.4 Å². The molecule has 2 saturated heterocycles. The van der Waals surface area contributed by atoms with Crippen molar-refractivity contribution in [1.29, 1.82) is 0 Å². The van der Waals surface area contributed by atoms with Crippen LogP contribution in [0.15, 0.2) is 60.9 Å². The lowest BCUT2D eigenvalue weighted by Gasteiger charge is -2.33. The number of fused-ring (bicyclic) bond motifs is 1. The van der Waals surface area contributed by atoms with E-state index in [2.05, 4.69) is 36.8 Å². The van der Waals surface area contributed by atoms with Gasteiger partial charge in [-0.2, -0.15) is 5.10 Å².